The summed E-state index contributed by atoms with van der Waals surface area (Å²) in [4.78, 5) is 25.2. The number of urea groups is 1. The molecule has 0 aliphatic carbocycles. The fourth-order valence-electron chi connectivity index (χ4n) is 3.49. The van der Waals surface area contributed by atoms with E-state index in [9.17, 15) is 9.59 Å². The molecule has 2 aromatic rings. The van der Waals surface area contributed by atoms with E-state index in [1.54, 1.807) is 13.1 Å². The number of benzene rings is 2. The largest absolute Gasteiger partial charge is 0.346 e. The van der Waals surface area contributed by atoms with Gasteiger partial charge in [0.15, 0.2) is 0 Å². The topological polar surface area (TPSA) is 61.8 Å². The lowest BCUT2D eigenvalue weighted by Gasteiger charge is -2.20. The summed E-state index contributed by atoms with van der Waals surface area (Å²) in [6, 6.07) is 13.6. The van der Waals surface area contributed by atoms with E-state index < -0.39 is 11.6 Å². The Labute approximate surface area is 160 Å². The fraction of sp³-hybridized carbons (Fsp3) is 0.318. The summed E-state index contributed by atoms with van der Waals surface area (Å²) in [6.45, 7) is 7.79. The number of nitrogens with zero attached hydrogens (tertiary/aromatic N) is 2. The van der Waals surface area contributed by atoms with Gasteiger partial charge >= 0.3 is 6.03 Å². The summed E-state index contributed by atoms with van der Waals surface area (Å²) in [5.41, 5.74) is 4.42. The van der Waals surface area contributed by atoms with Gasteiger partial charge in [-0.2, -0.15) is 5.10 Å². The zero-order valence-electron chi connectivity index (χ0n) is 16.2. The number of nitrogens with one attached hydrogen (secondary N) is 1. The first-order chi connectivity index (χ1) is 12.8. The molecule has 1 heterocycles. The second-order valence-corrected chi connectivity index (χ2v) is 7.42. The number of hydrogen-bond acceptors (Lipinski definition) is 3. The SMILES string of the molecule is Cc1cc(C)c(/C=N\N2C(=O)N[C@@](C)(CCc3ccccc3)C2=O)c(C)c1. The van der Waals surface area contributed by atoms with Gasteiger partial charge in [0.2, 0.25) is 0 Å². The zero-order valence-corrected chi connectivity index (χ0v) is 16.2. The van der Waals surface area contributed by atoms with E-state index in [2.05, 4.69) is 22.6 Å². The number of amides is 3. The van der Waals surface area contributed by atoms with Gasteiger partial charge in [-0.15, -0.1) is 5.01 Å². The highest BCUT2D eigenvalue weighted by atomic mass is 16.2. The van der Waals surface area contributed by atoms with Gasteiger partial charge in [0.05, 0.1) is 6.21 Å². The van der Waals surface area contributed by atoms with Crippen LogP contribution in [0.2, 0.25) is 0 Å². The molecule has 3 amide bonds. The van der Waals surface area contributed by atoms with E-state index in [0.717, 1.165) is 27.3 Å². The van der Waals surface area contributed by atoms with Crippen LogP contribution in [0.25, 0.3) is 0 Å². The van der Waals surface area contributed by atoms with Crippen LogP contribution in [0, 0.1) is 20.8 Å². The van der Waals surface area contributed by atoms with Crippen LogP contribution in [0.4, 0.5) is 4.79 Å². The summed E-state index contributed by atoms with van der Waals surface area (Å²) >= 11 is 0. The Morgan fingerprint density at radius 2 is 1.70 bits per heavy atom. The van der Waals surface area contributed by atoms with E-state index in [-0.39, 0.29) is 5.91 Å². The van der Waals surface area contributed by atoms with Gasteiger partial charge in [-0.25, -0.2) is 4.79 Å². The molecule has 3 rings (SSSR count). The van der Waals surface area contributed by atoms with Crippen LogP contribution < -0.4 is 5.32 Å². The minimum atomic E-state index is -0.943. The highest BCUT2D eigenvalue weighted by molar-refractivity contribution is 6.07. The van der Waals surface area contributed by atoms with Crippen molar-refractivity contribution in [3.63, 3.8) is 0 Å². The fourth-order valence-corrected chi connectivity index (χ4v) is 3.49. The highest BCUT2D eigenvalue weighted by Crippen LogP contribution is 2.24. The molecule has 0 radical (unpaired) electrons. The van der Waals surface area contributed by atoms with Crippen molar-refractivity contribution in [1.29, 1.82) is 0 Å². The Kier molecular flexibility index (Phi) is 5.13. The number of aryl methyl sites for hydroxylation is 4. The van der Waals surface area contributed by atoms with Crippen molar-refractivity contribution >= 4 is 18.2 Å². The lowest BCUT2D eigenvalue weighted by Crippen LogP contribution is -2.44. The normalized spacial score (nSPS) is 19.8. The average molecular weight is 363 g/mol. The van der Waals surface area contributed by atoms with Crippen molar-refractivity contribution in [3.05, 3.63) is 70.3 Å². The van der Waals surface area contributed by atoms with Crippen LogP contribution in [0.5, 0.6) is 0 Å². The molecule has 27 heavy (non-hydrogen) atoms. The molecule has 5 heteroatoms. The van der Waals surface area contributed by atoms with E-state index in [4.69, 9.17) is 0 Å². The second kappa shape index (κ2) is 7.35. The van der Waals surface area contributed by atoms with E-state index in [1.807, 2.05) is 51.1 Å². The van der Waals surface area contributed by atoms with Crippen LogP contribution >= 0.6 is 0 Å². The van der Waals surface area contributed by atoms with Crippen LogP contribution in [-0.4, -0.2) is 28.7 Å². The molecular weight excluding hydrogens is 338 g/mol. The lowest BCUT2D eigenvalue weighted by atomic mass is 9.93. The van der Waals surface area contributed by atoms with E-state index >= 15 is 0 Å². The van der Waals surface area contributed by atoms with Crippen LogP contribution in [0.1, 0.15) is 41.2 Å². The van der Waals surface area contributed by atoms with Crippen LogP contribution in [-0.2, 0) is 11.2 Å². The zero-order chi connectivity index (χ0) is 19.6. The quantitative estimate of drug-likeness (QED) is 0.647. The number of imide groups is 1. The predicted octanol–water partition coefficient (Wildman–Crippen LogP) is 3.89. The van der Waals surface area contributed by atoms with Gasteiger partial charge < -0.3 is 5.32 Å². The van der Waals surface area contributed by atoms with E-state index in [0.29, 0.717) is 12.8 Å². The average Bonchev–Trinajstić information content (AvgIpc) is 2.83. The molecule has 140 valence electrons. The number of rotatable bonds is 5. The Bertz CT molecular complexity index is 882. The van der Waals surface area contributed by atoms with Crippen LogP contribution in [0.15, 0.2) is 47.6 Å². The first kappa shape index (κ1) is 18.8. The molecule has 2 aromatic carbocycles. The first-order valence-electron chi connectivity index (χ1n) is 9.12. The third kappa shape index (κ3) is 3.92. The molecule has 1 aliphatic heterocycles. The maximum absolute atomic E-state index is 12.8. The summed E-state index contributed by atoms with van der Waals surface area (Å²) in [5, 5.41) is 7.95. The summed E-state index contributed by atoms with van der Waals surface area (Å²) in [7, 11) is 0. The summed E-state index contributed by atoms with van der Waals surface area (Å²) < 4.78 is 0. The molecule has 1 fully saturated rings. The molecule has 0 unspecified atom stereocenters. The maximum Gasteiger partial charge on any atom is 0.346 e. The third-order valence-electron chi connectivity index (χ3n) is 5.04. The van der Waals surface area contributed by atoms with Crippen molar-refractivity contribution in [2.24, 2.45) is 5.10 Å². The lowest BCUT2D eigenvalue weighted by molar-refractivity contribution is -0.130. The molecule has 1 N–H and O–H groups in total. The molecular formula is C22H25N3O2. The van der Waals surface area contributed by atoms with Gasteiger partial charge in [-0.3, -0.25) is 4.79 Å². The smallest absolute Gasteiger partial charge is 0.322 e. The van der Waals surface area contributed by atoms with Gasteiger partial charge in [0.1, 0.15) is 5.54 Å². The van der Waals surface area contributed by atoms with Gasteiger partial charge in [-0.1, -0.05) is 48.0 Å². The number of hydrogen-bond donors (Lipinski definition) is 1. The van der Waals surface area contributed by atoms with Gasteiger partial charge in [-0.05, 0) is 57.2 Å². The molecule has 0 saturated carbocycles. The Morgan fingerprint density at radius 3 is 2.33 bits per heavy atom. The molecule has 0 spiro atoms. The van der Waals surface area contributed by atoms with Crippen molar-refractivity contribution in [2.75, 3.05) is 0 Å². The monoisotopic (exact) mass is 363 g/mol. The minimum Gasteiger partial charge on any atom is -0.322 e. The maximum atomic E-state index is 12.8. The molecule has 1 saturated heterocycles. The number of carbonyl (C=O) groups is 2. The second-order valence-electron chi connectivity index (χ2n) is 7.42. The van der Waals surface area contributed by atoms with Crippen molar-refractivity contribution in [2.45, 2.75) is 46.1 Å². The van der Waals surface area contributed by atoms with E-state index in [1.165, 1.54) is 5.56 Å². The Hall–Kier alpha value is -2.95. The summed E-state index contributed by atoms with van der Waals surface area (Å²) in [5.74, 6) is -0.318. The van der Waals surface area contributed by atoms with Crippen molar-refractivity contribution < 1.29 is 9.59 Å². The predicted molar refractivity (Wildman–Crippen MR) is 107 cm³/mol. The highest BCUT2D eigenvalue weighted by Gasteiger charge is 2.47. The van der Waals surface area contributed by atoms with Crippen molar-refractivity contribution in [3.8, 4) is 0 Å². The third-order valence-corrected chi connectivity index (χ3v) is 5.04. The summed E-state index contributed by atoms with van der Waals surface area (Å²) in [6.07, 6.45) is 2.83. The Morgan fingerprint density at radius 1 is 1.07 bits per heavy atom. The molecule has 1 aliphatic rings. The number of hydrazone groups is 1. The van der Waals surface area contributed by atoms with Gasteiger partial charge in [0, 0.05) is 5.56 Å². The van der Waals surface area contributed by atoms with Gasteiger partial charge in [0.25, 0.3) is 5.91 Å². The van der Waals surface area contributed by atoms with Crippen molar-refractivity contribution in [1.82, 2.24) is 10.3 Å². The number of carbonyl (C=O) groups excluding carboxylic acids is 2. The first-order valence-corrected chi connectivity index (χ1v) is 9.12. The molecule has 5 nitrogen and oxygen atoms in total. The van der Waals surface area contributed by atoms with Crippen LogP contribution in [0.3, 0.4) is 0 Å². The molecule has 1 atom stereocenters. The standard InChI is InChI=1S/C22H25N3O2/c1-15-12-16(2)19(17(3)13-15)14-23-25-20(26)22(4,24-21(25)27)11-10-18-8-6-5-7-9-18/h5-9,12-14H,10-11H2,1-4H3,(H,24,27)/b23-14-/t22-/m0/s1. The molecule has 0 aromatic heterocycles. The molecule has 0 bridgehead atoms. The minimum absolute atomic E-state index is 0.318. The Balaban J connectivity index is 1.76.